The van der Waals surface area contributed by atoms with Crippen LogP contribution >= 0.6 is 0 Å². The maximum absolute atomic E-state index is 13.9. The summed E-state index contributed by atoms with van der Waals surface area (Å²) in [5.41, 5.74) is 5.50. The van der Waals surface area contributed by atoms with Gasteiger partial charge in [-0.2, -0.15) is 5.10 Å². The van der Waals surface area contributed by atoms with E-state index in [1.165, 1.54) is 24.4 Å². The number of aryl methyl sites for hydroxylation is 1. The largest absolute Gasteiger partial charge is 0.479 e. The van der Waals surface area contributed by atoms with E-state index in [9.17, 15) is 9.18 Å². The number of carbonyl (C=O) groups excluding carboxylic acids is 1. The summed E-state index contributed by atoms with van der Waals surface area (Å²) in [6, 6.07) is 12.7. The third kappa shape index (κ3) is 3.33. The monoisotopic (exact) mass is 367 g/mol. The lowest BCUT2D eigenvalue weighted by molar-refractivity contribution is 0.0794. The van der Waals surface area contributed by atoms with Gasteiger partial charge in [0.05, 0.1) is 24.7 Å². The molecule has 0 aliphatic carbocycles. The molecule has 0 saturated heterocycles. The number of methoxy groups -OCH3 is 1. The van der Waals surface area contributed by atoms with E-state index in [1.54, 1.807) is 10.7 Å². The molecule has 0 spiro atoms. The number of benzene rings is 1. The van der Waals surface area contributed by atoms with Gasteiger partial charge in [-0.15, -0.1) is 0 Å². The van der Waals surface area contributed by atoms with Crippen molar-refractivity contribution >= 4 is 11.6 Å². The van der Waals surface area contributed by atoms with Gasteiger partial charge in [0.2, 0.25) is 5.88 Å². The molecule has 0 fully saturated rings. The van der Waals surface area contributed by atoms with E-state index in [0.29, 0.717) is 30.9 Å². The van der Waals surface area contributed by atoms with Crippen molar-refractivity contribution in [3.05, 3.63) is 60.2 Å². The van der Waals surface area contributed by atoms with Gasteiger partial charge < -0.3 is 4.74 Å². The normalized spacial score (nSPS) is 13.9. The number of hydrogen-bond donors (Lipinski definition) is 1. The highest BCUT2D eigenvalue weighted by molar-refractivity contribution is 5.94. The van der Waals surface area contributed by atoms with Crippen LogP contribution in [-0.2, 0) is 6.54 Å². The number of fused-ring (bicyclic) bond motifs is 1. The van der Waals surface area contributed by atoms with Crippen LogP contribution < -0.4 is 10.2 Å². The first-order chi connectivity index (χ1) is 13.2. The molecule has 1 N–H and O–H groups in total. The third-order valence-corrected chi connectivity index (χ3v) is 4.33. The van der Waals surface area contributed by atoms with Crippen molar-refractivity contribution in [1.82, 2.24) is 19.8 Å². The third-order valence-electron chi connectivity index (χ3n) is 4.33. The van der Waals surface area contributed by atoms with Crippen molar-refractivity contribution in [3.8, 4) is 17.1 Å². The number of pyridine rings is 1. The van der Waals surface area contributed by atoms with Crippen LogP contribution in [0.5, 0.6) is 5.88 Å². The highest BCUT2D eigenvalue weighted by Crippen LogP contribution is 2.23. The molecule has 138 valence electrons. The molecule has 1 aliphatic rings. The lowest BCUT2D eigenvalue weighted by Crippen LogP contribution is -2.36. The van der Waals surface area contributed by atoms with Crippen molar-refractivity contribution in [1.29, 1.82) is 0 Å². The van der Waals surface area contributed by atoms with Crippen molar-refractivity contribution in [2.24, 2.45) is 0 Å². The summed E-state index contributed by atoms with van der Waals surface area (Å²) < 4.78 is 20.4. The van der Waals surface area contributed by atoms with E-state index in [4.69, 9.17) is 4.74 Å². The van der Waals surface area contributed by atoms with E-state index in [2.05, 4.69) is 15.5 Å². The molecule has 1 amide bonds. The smallest absolute Gasteiger partial charge is 0.290 e. The Labute approximate surface area is 155 Å². The van der Waals surface area contributed by atoms with Gasteiger partial charge >= 0.3 is 0 Å². The minimum atomic E-state index is -0.596. The molecule has 27 heavy (non-hydrogen) atoms. The lowest BCUT2D eigenvalue weighted by Gasteiger charge is -2.22. The number of nitrogens with one attached hydrogen (secondary N) is 1. The molecule has 0 radical (unpaired) electrons. The molecule has 2 aromatic heterocycles. The van der Waals surface area contributed by atoms with E-state index in [-0.39, 0.29) is 11.8 Å². The lowest BCUT2D eigenvalue weighted by atomic mass is 10.1. The van der Waals surface area contributed by atoms with Gasteiger partial charge in [-0.05, 0) is 12.5 Å². The molecular weight excluding hydrogens is 349 g/mol. The minimum Gasteiger partial charge on any atom is -0.479 e. The summed E-state index contributed by atoms with van der Waals surface area (Å²) in [6.45, 7) is 1.10. The van der Waals surface area contributed by atoms with Crippen LogP contribution in [0.3, 0.4) is 0 Å². The van der Waals surface area contributed by atoms with Crippen LogP contribution in [0.4, 0.5) is 10.1 Å². The van der Waals surface area contributed by atoms with Crippen LogP contribution in [0.1, 0.15) is 16.9 Å². The fraction of sp³-hybridized carbons (Fsp3) is 0.211. The van der Waals surface area contributed by atoms with Crippen LogP contribution in [-0.4, -0.2) is 39.3 Å². The average molecular weight is 367 g/mol. The zero-order chi connectivity index (χ0) is 18.8. The molecule has 0 saturated carbocycles. The second-order valence-corrected chi connectivity index (χ2v) is 6.14. The Morgan fingerprint density at radius 1 is 1.19 bits per heavy atom. The highest BCUT2D eigenvalue weighted by atomic mass is 19.1. The number of aromatic nitrogens is 3. The molecule has 8 heteroatoms. The molecule has 0 unspecified atom stereocenters. The van der Waals surface area contributed by atoms with E-state index in [1.807, 2.05) is 30.3 Å². The second kappa shape index (κ2) is 7.06. The predicted molar refractivity (Wildman–Crippen MR) is 97.7 cm³/mol. The topological polar surface area (TPSA) is 72.3 Å². The van der Waals surface area contributed by atoms with Crippen molar-refractivity contribution in [3.63, 3.8) is 0 Å². The predicted octanol–water partition coefficient (Wildman–Crippen LogP) is 2.97. The molecular formula is C19H18FN5O2. The molecule has 7 nitrogen and oxygen atoms in total. The first-order valence-electron chi connectivity index (χ1n) is 8.57. The molecule has 3 heterocycles. The Hall–Kier alpha value is -3.42. The molecule has 4 rings (SSSR count). The van der Waals surface area contributed by atoms with E-state index in [0.717, 1.165) is 11.3 Å². The molecule has 1 aliphatic heterocycles. The summed E-state index contributed by atoms with van der Waals surface area (Å²) in [4.78, 5) is 16.8. The molecule has 1 aromatic carbocycles. The standard InChI is InChI=1S/C19H18FN5O2/c1-27-18-15(20)10-14(12-21-18)22-25-9-5-8-24-17(19(25)26)11-16(23-24)13-6-3-2-4-7-13/h2-4,6-7,10-12,22H,5,8-9H2,1H3. The Kier molecular flexibility index (Phi) is 4.45. The van der Waals surface area contributed by atoms with Crippen molar-refractivity contribution in [2.75, 3.05) is 19.1 Å². The number of rotatable bonds is 4. The number of nitrogens with zero attached hydrogens (tertiary/aromatic N) is 4. The number of halogens is 1. The SMILES string of the molecule is COc1ncc(NN2CCCn3nc(-c4ccccc4)cc3C2=O)cc1F. The first-order valence-corrected chi connectivity index (χ1v) is 8.57. The van der Waals surface area contributed by atoms with Crippen molar-refractivity contribution in [2.45, 2.75) is 13.0 Å². The maximum Gasteiger partial charge on any atom is 0.290 e. The van der Waals surface area contributed by atoms with Gasteiger partial charge in [0.15, 0.2) is 5.82 Å². The van der Waals surface area contributed by atoms with Crippen LogP contribution in [0, 0.1) is 5.82 Å². The van der Waals surface area contributed by atoms with Gasteiger partial charge in [0.25, 0.3) is 5.91 Å². The van der Waals surface area contributed by atoms with Crippen LogP contribution in [0.15, 0.2) is 48.7 Å². The average Bonchev–Trinajstić information content (AvgIpc) is 3.06. The van der Waals surface area contributed by atoms with Crippen molar-refractivity contribution < 1.29 is 13.9 Å². The Morgan fingerprint density at radius 2 is 2.00 bits per heavy atom. The summed E-state index contributed by atoms with van der Waals surface area (Å²) in [5, 5.41) is 6.02. The number of hydrazine groups is 1. The zero-order valence-electron chi connectivity index (χ0n) is 14.7. The summed E-state index contributed by atoms with van der Waals surface area (Å²) in [7, 11) is 1.35. The number of ether oxygens (including phenoxy) is 1. The number of hydrogen-bond acceptors (Lipinski definition) is 5. The maximum atomic E-state index is 13.9. The van der Waals surface area contributed by atoms with Crippen LogP contribution in [0.25, 0.3) is 11.3 Å². The fourth-order valence-electron chi connectivity index (χ4n) is 3.03. The minimum absolute atomic E-state index is 0.0895. The number of anilines is 1. The Morgan fingerprint density at radius 3 is 2.74 bits per heavy atom. The van der Waals surface area contributed by atoms with Gasteiger partial charge in [-0.3, -0.25) is 19.9 Å². The quantitative estimate of drug-likeness (QED) is 0.768. The number of carbonyl (C=O) groups is 1. The van der Waals surface area contributed by atoms with E-state index < -0.39 is 5.82 Å². The molecule has 0 atom stereocenters. The fourth-order valence-corrected chi connectivity index (χ4v) is 3.03. The first kappa shape index (κ1) is 17.0. The van der Waals surface area contributed by atoms with Gasteiger partial charge in [0.1, 0.15) is 5.69 Å². The summed E-state index contributed by atoms with van der Waals surface area (Å²) in [5.74, 6) is -0.909. The van der Waals surface area contributed by atoms with Crippen LogP contribution in [0.2, 0.25) is 0 Å². The summed E-state index contributed by atoms with van der Waals surface area (Å²) >= 11 is 0. The van der Waals surface area contributed by atoms with Gasteiger partial charge in [-0.1, -0.05) is 30.3 Å². The van der Waals surface area contributed by atoms with Gasteiger partial charge in [-0.25, -0.2) is 9.37 Å². The van der Waals surface area contributed by atoms with Gasteiger partial charge in [0, 0.05) is 24.7 Å². The molecule has 3 aromatic rings. The Bertz CT molecular complexity index is 973. The molecule has 0 bridgehead atoms. The summed E-state index contributed by atoms with van der Waals surface area (Å²) in [6.07, 6.45) is 2.14. The highest BCUT2D eigenvalue weighted by Gasteiger charge is 2.25. The second-order valence-electron chi connectivity index (χ2n) is 6.14. The zero-order valence-corrected chi connectivity index (χ0v) is 14.7. The van der Waals surface area contributed by atoms with E-state index >= 15 is 0 Å². The number of amides is 1. The Balaban J connectivity index is 1.59.